The van der Waals surface area contributed by atoms with Gasteiger partial charge in [0.2, 0.25) is 5.91 Å². The maximum Gasteiger partial charge on any atom is 0.244 e. The van der Waals surface area contributed by atoms with Crippen molar-refractivity contribution in [3.05, 3.63) is 66.0 Å². The lowest BCUT2D eigenvalue weighted by Crippen LogP contribution is -2.45. The predicted molar refractivity (Wildman–Crippen MR) is 95.9 cm³/mol. The second-order valence-electron chi connectivity index (χ2n) is 5.95. The number of nitrogens with one attached hydrogen (secondary N) is 1. The number of aromatic nitrogens is 2. The van der Waals surface area contributed by atoms with Crippen LogP contribution in [0.2, 0.25) is 0 Å². The summed E-state index contributed by atoms with van der Waals surface area (Å²) in [6, 6.07) is 7.98. The van der Waals surface area contributed by atoms with Crippen LogP contribution in [0.5, 0.6) is 0 Å². The highest BCUT2D eigenvalue weighted by atomic mass is 19.1. The van der Waals surface area contributed by atoms with E-state index in [9.17, 15) is 13.6 Å². The summed E-state index contributed by atoms with van der Waals surface area (Å²) in [7, 11) is 3.29. The minimum absolute atomic E-state index is 0.168. The number of benzene rings is 2. The summed E-state index contributed by atoms with van der Waals surface area (Å²) < 4.78 is 26.8. The molecule has 0 saturated heterocycles. The monoisotopic (exact) mass is 356 g/mol. The molecule has 1 N–H and O–H groups in total. The van der Waals surface area contributed by atoms with Gasteiger partial charge < -0.3 is 10.2 Å². The standard InChI is InChI=1S/C19H18F2N4O/c1-22-18(9-12-7-13(20)10-14(21)8-12)19(26)25(2)15-3-4-16-17(11-15)24-6-5-23-16/h3-8,10-11,18,22H,9H2,1-2H3/t18-/m0/s1. The van der Waals surface area contributed by atoms with E-state index in [-0.39, 0.29) is 12.3 Å². The Morgan fingerprint density at radius 2 is 1.73 bits per heavy atom. The molecule has 0 unspecified atom stereocenters. The van der Waals surface area contributed by atoms with Gasteiger partial charge in [-0.2, -0.15) is 0 Å². The van der Waals surface area contributed by atoms with Crippen molar-refractivity contribution in [1.29, 1.82) is 0 Å². The maximum absolute atomic E-state index is 13.4. The average molecular weight is 356 g/mol. The van der Waals surface area contributed by atoms with Crippen molar-refractivity contribution in [2.45, 2.75) is 12.5 Å². The molecular weight excluding hydrogens is 338 g/mol. The van der Waals surface area contributed by atoms with Gasteiger partial charge in [0.1, 0.15) is 11.6 Å². The fourth-order valence-corrected chi connectivity index (χ4v) is 2.80. The Bertz CT molecular complexity index is 927. The number of halogens is 2. The van der Waals surface area contributed by atoms with Crippen molar-refractivity contribution < 1.29 is 13.6 Å². The van der Waals surface area contributed by atoms with E-state index in [1.165, 1.54) is 17.0 Å². The third-order valence-electron chi connectivity index (χ3n) is 4.18. The van der Waals surface area contributed by atoms with E-state index in [1.54, 1.807) is 44.7 Å². The maximum atomic E-state index is 13.4. The molecule has 134 valence electrons. The fourth-order valence-electron chi connectivity index (χ4n) is 2.80. The topological polar surface area (TPSA) is 58.1 Å². The first-order valence-corrected chi connectivity index (χ1v) is 8.08. The first kappa shape index (κ1) is 17.9. The highest BCUT2D eigenvalue weighted by Gasteiger charge is 2.22. The first-order chi connectivity index (χ1) is 12.5. The molecule has 26 heavy (non-hydrogen) atoms. The Morgan fingerprint density at radius 3 is 2.38 bits per heavy atom. The summed E-state index contributed by atoms with van der Waals surface area (Å²) in [5.74, 6) is -1.55. The number of hydrogen-bond donors (Lipinski definition) is 1. The molecule has 1 aromatic heterocycles. The molecule has 3 aromatic rings. The van der Waals surface area contributed by atoms with Gasteiger partial charge in [0.25, 0.3) is 0 Å². The van der Waals surface area contributed by atoms with Gasteiger partial charge in [-0.05, 0) is 49.4 Å². The second kappa shape index (κ2) is 7.53. The Labute approximate surface area is 149 Å². The summed E-state index contributed by atoms with van der Waals surface area (Å²) in [5, 5.41) is 2.91. The highest BCUT2D eigenvalue weighted by Crippen LogP contribution is 2.20. The lowest BCUT2D eigenvalue weighted by molar-refractivity contribution is -0.120. The van der Waals surface area contributed by atoms with Gasteiger partial charge in [-0.1, -0.05) is 0 Å². The van der Waals surface area contributed by atoms with E-state index >= 15 is 0 Å². The summed E-state index contributed by atoms with van der Waals surface area (Å²) >= 11 is 0. The minimum atomic E-state index is -0.663. The van der Waals surface area contributed by atoms with Crippen LogP contribution in [0.25, 0.3) is 11.0 Å². The predicted octanol–water partition coefficient (Wildman–Crippen LogP) is 2.70. The van der Waals surface area contributed by atoms with Gasteiger partial charge in [0.05, 0.1) is 17.1 Å². The van der Waals surface area contributed by atoms with E-state index in [2.05, 4.69) is 15.3 Å². The number of hydrogen-bond acceptors (Lipinski definition) is 4. The quantitative estimate of drug-likeness (QED) is 0.764. The molecule has 2 aromatic carbocycles. The molecule has 7 heteroatoms. The number of carbonyl (C=O) groups is 1. The van der Waals surface area contributed by atoms with Crippen molar-refractivity contribution in [2.24, 2.45) is 0 Å². The molecule has 1 heterocycles. The molecule has 0 aliphatic carbocycles. The number of likely N-dealkylation sites (N-methyl/N-ethyl adjacent to an activating group) is 2. The van der Waals surface area contributed by atoms with E-state index in [0.29, 0.717) is 16.8 Å². The van der Waals surface area contributed by atoms with E-state index in [1.807, 2.05) is 0 Å². The van der Waals surface area contributed by atoms with E-state index < -0.39 is 17.7 Å². The van der Waals surface area contributed by atoms with Crippen LogP contribution in [0.1, 0.15) is 5.56 Å². The van der Waals surface area contributed by atoms with Gasteiger partial charge in [-0.15, -0.1) is 0 Å². The smallest absolute Gasteiger partial charge is 0.244 e. The van der Waals surface area contributed by atoms with E-state index in [4.69, 9.17) is 0 Å². The molecule has 0 bridgehead atoms. The zero-order chi connectivity index (χ0) is 18.7. The van der Waals surface area contributed by atoms with E-state index in [0.717, 1.165) is 11.6 Å². The Balaban J connectivity index is 1.82. The average Bonchev–Trinajstić information content (AvgIpc) is 2.63. The SMILES string of the molecule is CN[C@@H](Cc1cc(F)cc(F)c1)C(=O)N(C)c1ccc2nccnc2c1. The van der Waals surface area contributed by atoms with Gasteiger partial charge in [0, 0.05) is 31.2 Å². The lowest BCUT2D eigenvalue weighted by atomic mass is 10.0. The molecule has 3 rings (SSSR count). The van der Waals surface area contributed by atoms with Gasteiger partial charge in [-0.25, -0.2) is 8.78 Å². The van der Waals surface area contributed by atoms with Gasteiger partial charge in [0.15, 0.2) is 0 Å². The van der Waals surface area contributed by atoms with Crippen molar-refractivity contribution in [3.63, 3.8) is 0 Å². The molecule has 1 amide bonds. The summed E-state index contributed by atoms with van der Waals surface area (Å²) in [6.45, 7) is 0. The molecule has 1 atom stereocenters. The van der Waals surface area contributed by atoms with Crippen molar-refractivity contribution in [3.8, 4) is 0 Å². The number of amides is 1. The molecule has 0 radical (unpaired) electrons. The number of nitrogens with zero attached hydrogens (tertiary/aromatic N) is 3. The largest absolute Gasteiger partial charge is 0.314 e. The van der Waals surface area contributed by atoms with Crippen molar-refractivity contribution in [2.75, 3.05) is 19.0 Å². The Morgan fingerprint density at radius 1 is 1.08 bits per heavy atom. The minimum Gasteiger partial charge on any atom is -0.314 e. The summed E-state index contributed by atoms with van der Waals surface area (Å²) in [6.07, 6.45) is 3.36. The Kier molecular flexibility index (Phi) is 5.18. The fraction of sp³-hybridized carbons (Fsp3) is 0.211. The zero-order valence-corrected chi connectivity index (χ0v) is 14.4. The molecule has 5 nitrogen and oxygen atoms in total. The number of fused-ring (bicyclic) bond motifs is 1. The van der Waals surface area contributed by atoms with Crippen LogP contribution in [0.15, 0.2) is 48.8 Å². The van der Waals surface area contributed by atoms with Crippen LogP contribution < -0.4 is 10.2 Å². The Hall–Kier alpha value is -2.93. The molecule has 0 fully saturated rings. The normalized spacial score (nSPS) is 12.2. The summed E-state index contributed by atoms with van der Waals surface area (Å²) in [5.41, 5.74) is 2.48. The van der Waals surface area contributed by atoms with Crippen molar-refractivity contribution in [1.82, 2.24) is 15.3 Å². The van der Waals surface area contributed by atoms with Crippen LogP contribution in [-0.4, -0.2) is 36.0 Å². The van der Waals surface area contributed by atoms with Crippen LogP contribution in [-0.2, 0) is 11.2 Å². The molecule has 0 aliphatic heterocycles. The van der Waals surface area contributed by atoms with Gasteiger partial charge >= 0.3 is 0 Å². The van der Waals surface area contributed by atoms with Crippen LogP contribution in [0.3, 0.4) is 0 Å². The molecule has 0 aliphatic rings. The van der Waals surface area contributed by atoms with Crippen LogP contribution in [0, 0.1) is 11.6 Å². The number of carbonyl (C=O) groups excluding carboxylic acids is 1. The number of rotatable bonds is 5. The third-order valence-corrected chi connectivity index (χ3v) is 4.18. The second-order valence-corrected chi connectivity index (χ2v) is 5.95. The third kappa shape index (κ3) is 3.83. The molecular formula is C19H18F2N4O. The highest BCUT2D eigenvalue weighted by molar-refractivity contribution is 5.98. The van der Waals surface area contributed by atoms with Crippen LogP contribution in [0.4, 0.5) is 14.5 Å². The van der Waals surface area contributed by atoms with Crippen LogP contribution >= 0.6 is 0 Å². The lowest BCUT2D eigenvalue weighted by Gasteiger charge is -2.24. The summed E-state index contributed by atoms with van der Waals surface area (Å²) in [4.78, 5) is 22.8. The molecule has 0 saturated carbocycles. The van der Waals surface area contributed by atoms with Gasteiger partial charge in [-0.3, -0.25) is 14.8 Å². The van der Waals surface area contributed by atoms with Crippen molar-refractivity contribution >= 4 is 22.6 Å². The first-order valence-electron chi connectivity index (χ1n) is 8.08. The number of anilines is 1. The molecule has 0 spiro atoms. The zero-order valence-electron chi connectivity index (χ0n) is 14.4.